The Kier molecular flexibility index (Phi) is 15.0. The predicted octanol–water partition coefficient (Wildman–Crippen LogP) is 7.27. The summed E-state index contributed by atoms with van der Waals surface area (Å²) in [6.07, 6.45) is 19.5. The van der Waals surface area contributed by atoms with Gasteiger partial charge in [0, 0.05) is 0 Å². The van der Waals surface area contributed by atoms with Crippen LogP contribution in [0.5, 0.6) is 0 Å². The number of hydrogen-bond donors (Lipinski definition) is 2. The number of carboxylic acid groups (broad SMARTS) is 1. The molecule has 0 radical (unpaired) electrons. The number of rotatable bonds is 17. The van der Waals surface area contributed by atoms with E-state index in [1.807, 2.05) is 0 Å². The number of carbonyl (C=O) groups is 1. The van der Waals surface area contributed by atoms with Crippen molar-refractivity contribution in [1.82, 2.24) is 0 Å². The number of unbranched alkanes of at least 4 members (excludes halogenated alkanes) is 12. The molecule has 144 valence electrons. The van der Waals surface area contributed by atoms with E-state index in [0.717, 1.165) is 19.3 Å². The quantitative estimate of drug-likeness (QED) is 0.212. The van der Waals surface area contributed by atoms with Gasteiger partial charge in [-0.3, -0.25) is 4.79 Å². The second-order valence-corrected chi connectivity index (χ2v) is 8.52. The van der Waals surface area contributed by atoms with E-state index in [-0.39, 0.29) is 5.92 Å². The van der Waals surface area contributed by atoms with E-state index in [1.165, 1.54) is 77.0 Å². The molecule has 0 aromatic heterocycles. The van der Waals surface area contributed by atoms with Crippen molar-refractivity contribution in [2.24, 2.45) is 5.92 Å². The normalized spacial score (nSPS) is 15.2. The lowest BCUT2D eigenvalue weighted by molar-refractivity contribution is -0.141. The van der Waals surface area contributed by atoms with E-state index in [0.29, 0.717) is 0 Å². The molecule has 0 aromatic carbocycles. The SMILES string of the molecule is CCCCCCCCCCCCCCCC(CC)C(C)(S)C(=O)O. The Labute approximate surface area is 156 Å². The highest BCUT2D eigenvalue weighted by Gasteiger charge is 2.36. The van der Waals surface area contributed by atoms with Crippen LogP contribution in [0.25, 0.3) is 0 Å². The molecule has 0 aromatic rings. The summed E-state index contributed by atoms with van der Waals surface area (Å²) in [4.78, 5) is 11.3. The molecule has 0 rings (SSSR count). The fourth-order valence-electron chi connectivity index (χ4n) is 3.47. The number of thiol groups is 1. The van der Waals surface area contributed by atoms with Crippen LogP contribution in [0.2, 0.25) is 0 Å². The van der Waals surface area contributed by atoms with Gasteiger partial charge in [0.25, 0.3) is 0 Å². The van der Waals surface area contributed by atoms with Gasteiger partial charge in [-0.1, -0.05) is 104 Å². The lowest BCUT2D eigenvalue weighted by Crippen LogP contribution is -2.37. The van der Waals surface area contributed by atoms with Crippen molar-refractivity contribution in [2.45, 2.75) is 122 Å². The Morgan fingerprint density at radius 2 is 1.21 bits per heavy atom. The molecule has 0 heterocycles. The third-order valence-electron chi connectivity index (χ3n) is 5.38. The summed E-state index contributed by atoms with van der Waals surface area (Å²) in [6, 6.07) is 0. The first-order valence-corrected chi connectivity index (χ1v) is 10.9. The highest BCUT2D eigenvalue weighted by atomic mass is 32.1. The van der Waals surface area contributed by atoms with E-state index >= 15 is 0 Å². The summed E-state index contributed by atoms with van der Waals surface area (Å²) < 4.78 is -0.883. The number of carboxylic acids is 1. The van der Waals surface area contributed by atoms with Crippen LogP contribution in [0.4, 0.5) is 0 Å². The third kappa shape index (κ3) is 11.4. The maximum Gasteiger partial charge on any atom is 0.319 e. The highest BCUT2D eigenvalue weighted by molar-refractivity contribution is 7.82. The zero-order valence-electron chi connectivity index (χ0n) is 16.5. The first-order valence-electron chi connectivity index (χ1n) is 10.4. The molecule has 0 amide bonds. The van der Waals surface area contributed by atoms with Crippen LogP contribution in [-0.4, -0.2) is 15.8 Å². The van der Waals surface area contributed by atoms with Gasteiger partial charge in [-0.15, -0.1) is 0 Å². The Morgan fingerprint density at radius 1 is 0.833 bits per heavy atom. The summed E-state index contributed by atoms with van der Waals surface area (Å²) in [7, 11) is 0. The van der Waals surface area contributed by atoms with Crippen LogP contribution in [0.1, 0.15) is 117 Å². The topological polar surface area (TPSA) is 37.3 Å². The molecule has 0 saturated carbocycles. The lowest BCUT2D eigenvalue weighted by Gasteiger charge is -2.28. The second-order valence-electron chi connectivity index (χ2n) is 7.59. The number of hydrogen-bond acceptors (Lipinski definition) is 2. The van der Waals surface area contributed by atoms with Crippen molar-refractivity contribution in [3.05, 3.63) is 0 Å². The average Bonchev–Trinajstić information content (AvgIpc) is 2.55. The van der Waals surface area contributed by atoms with Crippen molar-refractivity contribution < 1.29 is 9.90 Å². The van der Waals surface area contributed by atoms with Crippen LogP contribution in [-0.2, 0) is 4.79 Å². The molecule has 3 heteroatoms. The van der Waals surface area contributed by atoms with Gasteiger partial charge in [-0.2, -0.15) is 12.6 Å². The third-order valence-corrected chi connectivity index (χ3v) is 5.93. The van der Waals surface area contributed by atoms with Gasteiger partial charge in [0.05, 0.1) is 0 Å². The standard InChI is InChI=1S/C21H42O2S/c1-4-6-7-8-9-10-11-12-13-14-15-16-17-18-19(5-2)21(3,24)20(22)23/h19,24H,4-18H2,1-3H3,(H,22,23). The summed E-state index contributed by atoms with van der Waals surface area (Å²) >= 11 is 4.37. The zero-order chi connectivity index (χ0) is 18.3. The summed E-state index contributed by atoms with van der Waals surface area (Å²) in [6.45, 7) is 6.09. The molecule has 0 bridgehead atoms. The molecule has 0 saturated heterocycles. The molecule has 0 fully saturated rings. The summed E-state index contributed by atoms with van der Waals surface area (Å²) in [5, 5.41) is 9.27. The van der Waals surface area contributed by atoms with Gasteiger partial charge >= 0.3 is 5.97 Å². The van der Waals surface area contributed by atoms with E-state index in [2.05, 4.69) is 26.5 Å². The van der Waals surface area contributed by atoms with Crippen molar-refractivity contribution in [3.63, 3.8) is 0 Å². The van der Waals surface area contributed by atoms with Gasteiger partial charge in [0.2, 0.25) is 0 Å². The minimum atomic E-state index is -0.883. The van der Waals surface area contributed by atoms with Crippen LogP contribution in [0.3, 0.4) is 0 Å². The first kappa shape index (κ1) is 23.8. The van der Waals surface area contributed by atoms with Gasteiger partial charge < -0.3 is 5.11 Å². The fraction of sp³-hybridized carbons (Fsp3) is 0.952. The molecular formula is C21H42O2S. The summed E-state index contributed by atoms with van der Waals surface area (Å²) in [5.74, 6) is -0.613. The average molecular weight is 359 g/mol. The fourth-order valence-corrected chi connectivity index (χ4v) is 3.78. The molecule has 0 aliphatic rings. The predicted molar refractivity (Wildman–Crippen MR) is 109 cm³/mol. The molecular weight excluding hydrogens is 316 g/mol. The van der Waals surface area contributed by atoms with Crippen LogP contribution >= 0.6 is 12.6 Å². The van der Waals surface area contributed by atoms with Crippen LogP contribution in [0.15, 0.2) is 0 Å². The Bertz CT molecular complexity index is 302. The minimum Gasteiger partial charge on any atom is -0.480 e. The van der Waals surface area contributed by atoms with Crippen LogP contribution in [0, 0.1) is 5.92 Å². The molecule has 2 unspecified atom stereocenters. The monoisotopic (exact) mass is 358 g/mol. The van der Waals surface area contributed by atoms with Crippen molar-refractivity contribution in [2.75, 3.05) is 0 Å². The molecule has 0 aliphatic carbocycles. The van der Waals surface area contributed by atoms with E-state index in [4.69, 9.17) is 0 Å². The van der Waals surface area contributed by atoms with Crippen molar-refractivity contribution in [3.8, 4) is 0 Å². The second kappa shape index (κ2) is 15.1. The largest absolute Gasteiger partial charge is 0.480 e. The van der Waals surface area contributed by atoms with Gasteiger partial charge in [0.1, 0.15) is 4.75 Å². The Hall–Kier alpha value is -0.180. The maximum absolute atomic E-state index is 11.3. The zero-order valence-corrected chi connectivity index (χ0v) is 17.4. The molecule has 0 aliphatic heterocycles. The molecule has 2 atom stereocenters. The van der Waals surface area contributed by atoms with E-state index in [1.54, 1.807) is 6.92 Å². The molecule has 0 spiro atoms. The molecule has 24 heavy (non-hydrogen) atoms. The minimum absolute atomic E-state index is 0.172. The Morgan fingerprint density at radius 3 is 1.54 bits per heavy atom. The van der Waals surface area contributed by atoms with Crippen LogP contribution < -0.4 is 0 Å². The molecule has 1 N–H and O–H groups in total. The maximum atomic E-state index is 11.3. The van der Waals surface area contributed by atoms with Gasteiger partial charge in [0.15, 0.2) is 0 Å². The lowest BCUT2D eigenvalue weighted by atomic mass is 9.86. The molecule has 2 nitrogen and oxygen atoms in total. The summed E-state index contributed by atoms with van der Waals surface area (Å²) in [5.41, 5.74) is 0. The van der Waals surface area contributed by atoms with Crippen molar-refractivity contribution in [1.29, 1.82) is 0 Å². The smallest absolute Gasteiger partial charge is 0.319 e. The van der Waals surface area contributed by atoms with Crippen molar-refractivity contribution >= 4 is 18.6 Å². The first-order chi connectivity index (χ1) is 11.5. The van der Waals surface area contributed by atoms with E-state index < -0.39 is 10.7 Å². The highest BCUT2D eigenvalue weighted by Crippen LogP contribution is 2.32. The van der Waals surface area contributed by atoms with Gasteiger partial charge in [-0.25, -0.2) is 0 Å². The number of aliphatic carboxylic acids is 1. The van der Waals surface area contributed by atoms with Gasteiger partial charge in [-0.05, 0) is 19.3 Å². The Balaban J connectivity index is 3.46. The van der Waals surface area contributed by atoms with E-state index in [9.17, 15) is 9.90 Å².